The summed E-state index contributed by atoms with van der Waals surface area (Å²) in [6.45, 7) is 0. The van der Waals surface area contributed by atoms with Gasteiger partial charge in [-0.1, -0.05) is 17.1 Å². The van der Waals surface area contributed by atoms with Crippen molar-refractivity contribution in [2.45, 2.75) is 5.75 Å². The smallest absolute Gasteiger partial charge is 0.181 e. The molecule has 0 radical (unpaired) electrons. The van der Waals surface area contributed by atoms with Crippen molar-refractivity contribution < 1.29 is 13.2 Å². The van der Waals surface area contributed by atoms with Gasteiger partial charge in [0.05, 0.1) is 0 Å². The van der Waals surface area contributed by atoms with Gasteiger partial charge in [0.15, 0.2) is 12.0 Å². The van der Waals surface area contributed by atoms with Crippen molar-refractivity contribution in [1.29, 1.82) is 0 Å². The van der Waals surface area contributed by atoms with Crippen LogP contribution in [0.4, 0.5) is 0 Å². The molecule has 1 heterocycles. The molecule has 0 amide bonds. The number of oxazole rings is 1. The van der Waals surface area contributed by atoms with Crippen molar-refractivity contribution >= 4 is 22.2 Å². The van der Waals surface area contributed by atoms with Gasteiger partial charge in [0.1, 0.15) is 5.52 Å². The molecule has 0 aliphatic carbocycles. The molecule has 0 aliphatic heterocycles. The first-order valence-electron chi connectivity index (χ1n) is 3.64. The standard InChI is InChI=1S/C8H7NO3S/c10-13(11)4-6-1-2-8-7(3-6)9-5-12-8/h1-3,5H,4H2,(H,10,11)/p-1. The molecule has 0 saturated heterocycles. The zero-order chi connectivity index (χ0) is 9.26. The lowest BCUT2D eigenvalue weighted by Gasteiger charge is -2.03. The molecule has 0 bridgehead atoms. The number of benzene rings is 1. The highest BCUT2D eigenvalue weighted by molar-refractivity contribution is 7.78. The number of nitrogens with zero attached hydrogens (tertiary/aromatic N) is 1. The third kappa shape index (κ3) is 1.76. The van der Waals surface area contributed by atoms with E-state index in [9.17, 15) is 8.76 Å². The molecule has 1 aromatic heterocycles. The minimum Gasteiger partial charge on any atom is -0.772 e. The van der Waals surface area contributed by atoms with Crippen molar-refractivity contribution in [1.82, 2.24) is 4.98 Å². The Balaban J connectivity index is 2.42. The zero-order valence-corrected chi connectivity index (χ0v) is 7.41. The van der Waals surface area contributed by atoms with Crippen molar-refractivity contribution in [2.24, 2.45) is 0 Å². The van der Waals surface area contributed by atoms with Gasteiger partial charge in [-0.15, -0.1) is 0 Å². The number of rotatable bonds is 2. The lowest BCUT2D eigenvalue weighted by molar-refractivity contribution is 0.536. The molecule has 2 rings (SSSR count). The minimum absolute atomic E-state index is 0.0167. The van der Waals surface area contributed by atoms with Crippen LogP contribution >= 0.6 is 0 Å². The monoisotopic (exact) mass is 196 g/mol. The second kappa shape index (κ2) is 3.27. The predicted molar refractivity (Wildman–Crippen MR) is 46.6 cm³/mol. The molecule has 68 valence electrons. The fraction of sp³-hybridized carbons (Fsp3) is 0.125. The van der Waals surface area contributed by atoms with E-state index in [-0.39, 0.29) is 5.75 Å². The van der Waals surface area contributed by atoms with E-state index in [2.05, 4.69) is 4.98 Å². The normalized spacial score (nSPS) is 13.3. The maximum absolute atomic E-state index is 10.4. The maximum Gasteiger partial charge on any atom is 0.181 e. The van der Waals surface area contributed by atoms with E-state index in [1.165, 1.54) is 6.39 Å². The van der Waals surface area contributed by atoms with Crippen molar-refractivity contribution in [3.05, 3.63) is 30.2 Å². The first-order chi connectivity index (χ1) is 6.25. The fourth-order valence-electron chi connectivity index (χ4n) is 1.13. The highest BCUT2D eigenvalue weighted by Gasteiger charge is 1.99. The summed E-state index contributed by atoms with van der Waals surface area (Å²) in [5, 5.41) is 0. The Morgan fingerprint density at radius 3 is 3.15 bits per heavy atom. The third-order valence-electron chi connectivity index (χ3n) is 1.68. The molecule has 5 heteroatoms. The minimum atomic E-state index is -2.06. The van der Waals surface area contributed by atoms with E-state index < -0.39 is 11.1 Å². The van der Waals surface area contributed by atoms with Crippen LogP contribution in [0.25, 0.3) is 11.1 Å². The van der Waals surface area contributed by atoms with E-state index in [0.717, 1.165) is 5.56 Å². The first kappa shape index (κ1) is 8.40. The zero-order valence-electron chi connectivity index (χ0n) is 6.60. The quantitative estimate of drug-likeness (QED) is 0.677. The molecule has 0 N–H and O–H groups in total. The van der Waals surface area contributed by atoms with E-state index >= 15 is 0 Å². The van der Waals surface area contributed by atoms with Crippen LogP contribution < -0.4 is 0 Å². The second-order valence-electron chi connectivity index (χ2n) is 2.60. The van der Waals surface area contributed by atoms with Crippen LogP contribution in [-0.2, 0) is 16.8 Å². The van der Waals surface area contributed by atoms with E-state index in [4.69, 9.17) is 4.42 Å². The summed E-state index contributed by atoms with van der Waals surface area (Å²) in [6.07, 6.45) is 1.34. The van der Waals surface area contributed by atoms with Gasteiger partial charge in [-0.25, -0.2) is 4.98 Å². The molecule has 2 aromatic rings. The van der Waals surface area contributed by atoms with Crippen molar-refractivity contribution in [2.75, 3.05) is 0 Å². The van der Waals surface area contributed by atoms with Crippen LogP contribution in [0, 0.1) is 0 Å². The van der Waals surface area contributed by atoms with Gasteiger partial charge in [-0.05, 0) is 17.7 Å². The van der Waals surface area contributed by atoms with Gasteiger partial charge >= 0.3 is 0 Å². The first-order valence-corrected chi connectivity index (χ1v) is 4.88. The summed E-state index contributed by atoms with van der Waals surface area (Å²) in [7, 11) is 0. The number of fused-ring (bicyclic) bond motifs is 1. The van der Waals surface area contributed by atoms with E-state index in [0.29, 0.717) is 11.1 Å². The molecule has 4 nitrogen and oxygen atoms in total. The highest BCUT2D eigenvalue weighted by atomic mass is 32.2. The topological polar surface area (TPSA) is 66.2 Å². The Bertz CT molecular complexity index is 451. The molecule has 0 aliphatic rings. The van der Waals surface area contributed by atoms with Crippen LogP contribution in [0.15, 0.2) is 29.0 Å². The molecule has 0 saturated carbocycles. The van der Waals surface area contributed by atoms with Crippen molar-refractivity contribution in [3.8, 4) is 0 Å². The number of aromatic nitrogens is 1. The fourth-order valence-corrected chi connectivity index (χ4v) is 1.58. The van der Waals surface area contributed by atoms with Gasteiger partial charge in [0.2, 0.25) is 0 Å². The molecule has 0 spiro atoms. The summed E-state index contributed by atoms with van der Waals surface area (Å²) in [5.41, 5.74) is 2.07. The number of hydrogen-bond donors (Lipinski definition) is 0. The average molecular weight is 196 g/mol. The Morgan fingerprint density at radius 1 is 1.54 bits per heavy atom. The van der Waals surface area contributed by atoms with Crippen LogP contribution in [0.3, 0.4) is 0 Å². The van der Waals surface area contributed by atoms with E-state index in [1.54, 1.807) is 18.2 Å². The van der Waals surface area contributed by atoms with Crippen LogP contribution in [-0.4, -0.2) is 13.7 Å². The maximum atomic E-state index is 10.4. The summed E-state index contributed by atoms with van der Waals surface area (Å²) in [6, 6.07) is 5.13. The Labute approximate surface area is 76.9 Å². The molecule has 13 heavy (non-hydrogen) atoms. The van der Waals surface area contributed by atoms with Crippen LogP contribution in [0.1, 0.15) is 5.56 Å². The number of hydrogen-bond acceptors (Lipinski definition) is 4. The second-order valence-corrected chi connectivity index (χ2v) is 3.50. The lowest BCUT2D eigenvalue weighted by Crippen LogP contribution is -1.92. The van der Waals surface area contributed by atoms with Crippen molar-refractivity contribution in [3.63, 3.8) is 0 Å². The van der Waals surface area contributed by atoms with Crippen LogP contribution in [0.2, 0.25) is 0 Å². The summed E-state index contributed by atoms with van der Waals surface area (Å²) >= 11 is -2.06. The van der Waals surface area contributed by atoms with Gasteiger partial charge in [-0.3, -0.25) is 4.21 Å². The summed E-state index contributed by atoms with van der Waals surface area (Å²) in [4.78, 5) is 3.92. The van der Waals surface area contributed by atoms with Gasteiger partial charge in [0.25, 0.3) is 0 Å². The van der Waals surface area contributed by atoms with Gasteiger partial charge < -0.3 is 8.97 Å². The van der Waals surface area contributed by atoms with E-state index in [1.807, 2.05) is 0 Å². The Morgan fingerprint density at radius 2 is 2.38 bits per heavy atom. The molecule has 0 fully saturated rings. The highest BCUT2D eigenvalue weighted by Crippen LogP contribution is 2.14. The molecular weight excluding hydrogens is 190 g/mol. The Hall–Kier alpha value is -1.20. The predicted octanol–water partition coefficient (Wildman–Crippen LogP) is 1.21. The molecule has 1 aromatic carbocycles. The SMILES string of the molecule is O=S([O-])Cc1ccc2ocnc2c1. The molecule has 1 atom stereocenters. The van der Waals surface area contributed by atoms with Gasteiger partial charge in [0, 0.05) is 5.75 Å². The van der Waals surface area contributed by atoms with Gasteiger partial charge in [-0.2, -0.15) is 0 Å². The lowest BCUT2D eigenvalue weighted by atomic mass is 10.2. The van der Waals surface area contributed by atoms with Crippen LogP contribution in [0.5, 0.6) is 0 Å². The summed E-state index contributed by atoms with van der Waals surface area (Å²) in [5.74, 6) is 0.0167. The molecular formula is C8H6NO3S-. The third-order valence-corrected chi connectivity index (χ3v) is 2.25. The summed E-state index contributed by atoms with van der Waals surface area (Å²) < 4.78 is 25.8. The average Bonchev–Trinajstić information content (AvgIpc) is 2.49. The largest absolute Gasteiger partial charge is 0.772 e. The Kier molecular flexibility index (Phi) is 2.12. The molecule has 1 unspecified atom stereocenters.